The second kappa shape index (κ2) is 13.8. The smallest absolute Gasteiger partial charge is 0.439 e. The second-order valence-corrected chi connectivity index (χ2v) is 12.4. The molecule has 0 radical (unpaired) electrons. The van der Waals surface area contributed by atoms with Gasteiger partial charge in [-0.25, -0.2) is 9.59 Å². The third kappa shape index (κ3) is 9.30. The number of alkyl carbamates (subject to hydrolysis) is 1. The molecule has 224 valence electrons. The highest BCUT2D eigenvalue weighted by Crippen LogP contribution is 2.29. The highest BCUT2D eigenvalue weighted by molar-refractivity contribution is 9.10. The van der Waals surface area contributed by atoms with Crippen LogP contribution in [-0.2, 0) is 20.7 Å². The maximum atomic E-state index is 13.4. The van der Waals surface area contributed by atoms with E-state index in [2.05, 4.69) is 46.5 Å². The fourth-order valence-corrected chi connectivity index (χ4v) is 5.31. The molecule has 1 fully saturated rings. The molecule has 0 unspecified atom stereocenters. The average Bonchev–Trinajstić information content (AvgIpc) is 3.37. The van der Waals surface area contributed by atoms with Gasteiger partial charge in [0.05, 0.1) is 0 Å². The molecule has 0 saturated heterocycles. The molecule has 1 aromatic heterocycles. The molecule has 12 heteroatoms. The molecule has 1 heterocycles. The van der Waals surface area contributed by atoms with Crippen molar-refractivity contribution in [1.29, 1.82) is 0 Å². The monoisotopic (exact) mass is 641 g/mol. The molecule has 2 aromatic carbocycles. The molecule has 0 spiro atoms. The van der Waals surface area contributed by atoms with Gasteiger partial charge >= 0.3 is 11.8 Å². The Morgan fingerprint density at radius 3 is 2.43 bits per heavy atom. The summed E-state index contributed by atoms with van der Waals surface area (Å²) in [7, 11) is 0. The molecule has 3 amide bonds. The quantitative estimate of drug-likeness (QED) is 0.262. The van der Waals surface area contributed by atoms with Crippen LogP contribution in [0.25, 0.3) is 11.4 Å². The number of anilines is 1. The van der Waals surface area contributed by atoms with Gasteiger partial charge in [0.25, 0.3) is 0 Å². The number of ether oxygens (including phenoxy) is 1. The van der Waals surface area contributed by atoms with Crippen molar-refractivity contribution in [2.45, 2.75) is 64.5 Å². The highest BCUT2D eigenvalue weighted by atomic mass is 79.9. The molecule has 1 atom stereocenters. The van der Waals surface area contributed by atoms with Gasteiger partial charge in [-0.15, -0.1) is 0 Å². The number of H-pyrrole nitrogens is 1. The molecule has 1 saturated carbocycles. The van der Waals surface area contributed by atoms with Crippen molar-refractivity contribution in [3.05, 3.63) is 69.1 Å². The summed E-state index contributed by atoms with van der Waals surface area (Å²) in [5.41, 5.74) is 1.49. The number of amides is 3. The lowest BCUT2D eigenvalue weighted by Crippen LogP contribution is -2.48. The van der Waals surface area contributed by atoms with Crippen molar-refractivity contribution in [3.8, 4) is 11.4 Å². The largest absolute Gasteiger partial charge is 0.444 e. The summed E-state index contributed by atoms with van der Waals surface area (Å²) in [4.78, 5) is 52.4. The van der Waals surface area contributed by atoms with Crippen LogP contribution in [-0.4, -0.2) is 46.2 Å². The van der Waals surface area contributed by atoms with E-state index in [4.69, 9.17) is 4.74 Å². The number of carbonyl (C=O) groups excluding carboxylic acids is 3. The van der Waals surface area contributed by atoms with Gasteiger partial charge in [0.2, 0.25) is 11.8 Å². The zero-order valence-corrected chi connectivity index (χ0v) is 25.5. The van der Waals surface area contributed by atoms with Crippen LogP contribution < -0.4 is 21.7 Å². The van der Waals surface area contributed by atoms with Crippen molar-refractivity contribution in [2.24, 2.45) is 11.8 Å². The number of carbonyl (C=O) groups is 3. The fourth-order valence-electron chi connectivity index (χ4n) is 4.86. The first-order valence-corrected chi connectivity index (χ1v) is 14.7. The van der Waals surface area contributed by atoms with E-state index in [1.807, 2.05) is 45.0 Å². The van der Waals surface area contributed by atoms with E-state index < -0.39 is 23.5 Å². The topological polar surface area (TPSA) is 155 Å². The summed E-state index contributed by atoms with van der Waals surface area (Å²) >= 11 is 3.47. The number of nitrogens with zero attached hydrogens (tertiary/aromatic N) is 1. The van der Waals surface area contributed by atoms with Gasteiger partial charge in [-0.3, -0.25) is 19.1 Å². The number of rotatable bonds is 9. The average molecular weight is 643 g/mol. The molecule has 3 aromatic rings. The van der Waals surface area contributed by atoms with Gasteiger partial charge in [0, 0.05) is 34.6 Å². The van der Waals surface area contributed by atoms with Crippen LogP contribution in [0.3, 0.4) is 0 Å². The molecule has 4 N–H and O–H groups in total. The Morgan fingerprint density at radius 1 is 1.10 bits per heavy atom. The van der Waals surface area contributed by atoms with Gasteiger partial charge in [0.15, 0.2) is 5.82 Å². The van der Waals surface area contributed by atoms with E-state index in [9.17, 15) is 19.2 Å². The maximum Gasteiger partial charge on any atom is 0.439 e. The predicted molar refractivity (Wildman–Crippen MR) is 161 cm³/mol. The molecule has 4 rings (SSSR count). The number of hydrogen-bond acceptors (Lipinski definition) is 7. The third-order valence-electron chi connectivity index (χ3n) is 6.98. The predicted octanol–water partition coefficient (Wildman–Crippen LogP) is 4.79. The molecule has 0 bridgehead atoms. The Kier molecular flexibility index (Phi) is 10.2. The zero-order chi connectivity index (χ0) is 30.3. The van der Waals surface area contributed by atoms with Crippen molar-refractivity contribution < 1.29 is 23.6 Å². The van der Waals surface area contributed by atoms with E-state index in [1.165, 1.54) is 0 Å². The molecular formula is C30H36BrN5O6. The number of benzene rings is 2. The second-order valence-electron chi connectivity index (χ2n) is 11.5. The Labute approximate surface area is 252 Å². The molecule has 1 aliphatic carbocycles. The van der Waals surface area contributed by atoms with Gasteiger partial charge in [0.1, 0.15) is 11.6 Å². The number of halogens is 1. The van der Waals surface area contributed by atoms with Crippen LogP contribution in [0.4, 0.5) is 10.5 Å². The van der Waals surface area contributed by atoms with Crippen molar-refractivity contribution >= 4 is 39.5 Å². The number of hydrogen-bond donors (Lipinski definition) is 4. The zero-order valence-electron chi connectivity index (χ0n) is 23.9. The van der Waals surface area contributed by atoms with E-state index in [1.54, 1.807) is 24.3 Å². The molecule has 1 aliphatic rings. The molecule has 0 aliphatic heterocycles. The third-order valence-corrected chi connectivity index (χ3v) is 7.47. The van der Waals surface area contributed by atoms with E-state index in [0.29, 0.717) is 37.1 Å². The van der Waals surface area contributed by atoms with Crippen LogP contribution >= 0.6 is 15.9 Å². The Morgan fingerprint density at radius 2 is 1.81 bits per heavy atom. The van der Waals surface area contributed by atoms with Gasteiger partial charge in [-0.1, -0.05) is 33.2 Å². The lowest BCUT2D eigenvalue weighted by atomic mass is 9.81. The van der Waals surface area contributed by atoms with Crippen LogP contribution in [0.2, 0.25) is 0 Å². The standard InChI is InChI=1S/C30H36BrN5O6/c1-30(2,3)41-28(39)32-17-18-7-9-21(10-8-18)26(37)34-24(16-19-5-4-6-22(31)15-19)27(38)33-23-13-11-20(12-14-23)25-35-29(40)42-36-25/h4-6,11-15,18,21,24H,7-10,16-17H2,1-3H3,(H,32,39)(H,33,38)(H,34,37)(H,35,36,40)/t18?,21?,24-/m0/s1. The summed E-state index contributed by atoms with van der Waals surface area (Å²) in [6.07, 6.45) is 2.79. The van der Waals surface area contributed by atoms with Crippen molar-refractivity contribution in [2.75, 3.05) is 11.9 Å². The van der Waals surface area contributed by atoms with Crippen LogP contribution in [0.5, 0.6) is 0 Å². The normalized spacial score (nSPS) is 17.6. The first-order chi connectivity index (χ1) is 19.9. The van der Waals surface area contributed by atoms with Crippen molar-refractivity contribution in [3.63, 3.8) is 0 Å². The summed E-state index contributed by atoms with van der Waals surface area (Å²) < 4.78 is 10.7. The summed E-state index contributed by atoms with van der Waals surface area (Å²) in [6.45, 7) is 5.96. The number of aromatic amines is 1. The van der Waals surface area contributed by atoms with Gasteiger partial charge < -0.3 is 20.7 Å². The summed E-state index contributed by atoms with van der Waals surface area (Å²) in [5.74, 6) is -0.826. The lowest BCUT2D eigenvalue weighted by Gasteiger charge is -2.29. The summed E-state index contributed by atoms with van der Waals surface area (Å²) in [5, 5.41) is 12.4. The Hall–Kier alpha value is -3.93. The van der Waals surface area contributed by atoms with Gasteiger partial charge in [-0.2, -0.15) is 0 Å². The molecule has 11 nitrogen and oxygen atoms in total. The SMILES string of the molecule is CC(C)(C)OC(=O)NCC1CCC(C(=O)N[C@@H](Cc2cccc(Br)c2)C(=O)Nc2ccc(-c3noc(=O)[nH]3)cc2)CC1. The highest BCUT2D eigenvalue weighted by Gasteiger charge is 2.30. The minimum Gasteiger partial charge on any atom is -0.444 e. The van der Waals surface area contributed by atoms with E-state index in [0.717, 1.165) is 22.9 Å². The maximum absolute atomic E-state index is 13.4. The Bertz CT molecular complexity index is 1440. The molecular weight excluding hydrogens is 606 g/mol. The first kappa shape index (κ1) is 31.0. The lowest BCUT2D eigenvalue weighted by molar-refractivity contribution is -0.130. The Balaban J connectivity index is 1.36. The molecule has 42 heavy (non-hydrogen) atoms. The number of aromatic nitrogens is 2. The van der Waals surface area contributed by atoms with Crippen molar-refractivity contribution in [1.82, 2.24) is 20.8 Å². The minimum absolute atomic E-state index is 0.158. The fraction of sp³-hybridized carbons (Fsp3) is 0.433. The van der Waals surface area contributed by atoms with Crippen LogP contribution in [0.1, 0.15) is 52.0 Å². The van der Waals surface area contributed by atoms with Gasteiger partial charge in [-0.05, 0) is 94.3 Å². The summed E-state index contributed by atoms with van der Waals surface area (Å²) in [6, 6.07) is 13.6. The van der Waals surface area contributed by atoms with E-state index >= 15 is 0 Å². The van der Waals surface area contributed by atoms with E-state index in [-0.39, 0.29) is 29.5 Å². The minimum atomic E-state index is -0.801. The number of nitrogens with one attached hydrogen (secondary N) is 4. The van der Waals surface area contributed by atoms with Crippen LogP contribution in [0.15, 0.2) is 62.3 Å². The first-order valence-electron chi connectivity index (χ1n) is 13.9. The van der Waals surface area contributed by atoms with Crippen LogP contribution in [0, 0.1) is 11.8 Å².